The van der Waals surface area contributed by atoms with Crippen molar-refractivity contribution in [2.75, 3.05) is 47.1 Å². The number of carbonyl (C=O) groups excluding carboxylic acids is 1. The molecule has 0 aromatic heterocycles. The standard InChI is InChI=1S/C13H26N2O3/c1-10(2)7-15(5-6-17-4)13(16)11-8-18-9-12(11)14-3/h10-12,14H,5-9H2,1-4H3. The average molecular weight is 258 g/mol. The fourth-order valence-electron chi connectivity index (χ4n) is 2.25. The molecule has 0 aromatic rings. The van der Waals surface area contributed by atoms with E-state index in [9.17, 15) is 4.79 Å². The van der Waals surface area contributed by atoms with Gasteiger partial charge in [0.15, 0.2) is 0 Å². The van der Waals surface area contributed by atoms with Crippen LogP contribution in [-0.4, -0.2) is 63.9 Å². The van der Waals surface area contributed by atoms with Crippen molar-refractivity contribution < 1.29 is 14.3 Å². The number of hydrogen-bond donors (Lipinski definition) is 1. The van der Waals surface area contributed by atoms with Crippen LogP contribution in [-0.2, 0) is 14.3 Å². The van der Waals surface area contributed by atoms with Crippen LogP contribution in [0, 0.1) is 11.8 Å². The molecule has 0 bridgehead atoms. The van der Waals surface area contributed by atoms with Gasteiger partial charge in [-0.25, -0.2) is 0 Å². The zero-order valence-electron chi connectivity index (χ0n) is 11.9. The SMILES string of the molecule is CNC1COCC1C(=O)N(CCOC)CC(C)C. The lowest BCUT2D eigenvalue weighted by atomic mass is 10.0. The third kappa shape index (κ3) is 4.23. The maximum atomic E-state index is 12.5. The summed E-state index contributed by atoms with van der Waals surface area (Å²) in [6, 6.07) is 0.134. The third-order valence-electron chi connectivity index (χ3n) is 3.23. The summed E-state index contributed by atoms with van der Waals surface area (Å²) >= 11 is 0. The molecule has 1 saturated heterocycles. The van der Waals surface area contributed by atoms with Crippen LogP contribution in [0.5, 0.6) is 0 Å². The first-order chi connectivity index (χ1) is 8.60. The van der Waals surface area contributed by atoms with Gasteiger partial charge in [0.25, 0.3) is 0 Å². The van der Waals surface area contributed by atoms with Crippen LogP contribution in [0.4, 0.5) is 0 Å². The van der Waals surface area contributed by atoms with Gasteiger partial charge in [-0.05, 0) is 13.0 Å². The molecule has 0 radical (unpaired) electrons. The van der Waals surface area contributed by atoms with E-state index in [1.54, 1.807) is 7.11 Å². The largest absolute Gasteiger partial charge is 0.383 e. The molecule has 1 N–H and O–H groups in total. The predicted octanol–water partition coefficient (Wildman–Crippen LogP) is 0.352. The Morgan fingerprint density at radius 1 is 1.50 bits per heavy atom. The maximum Gasteiger partial charge on any atom is 0.229 e. The minimum Gasteiger partial charge on any atom is -0.383 e. The summed E-state index contributed by atoms with van der Waals surface area (Å²) in [5.74, 6) is 0.573. The highest BCUT2D eigenvalue weighted by atomic mass is 16.5. The molecule has 2 atom stereocenters. The molecular formula is C13H26N2O3. The molecule has 1 rings (SSSR count). The summed E-state index contributed by atoms with van der Waals surface area (Å²) in [5.41, 5.74) is 0. The smallest absolute Gasteiger partial charge is 0.229 e. The molecule has 5 heteroatoms. The van der Waals surface area contributed by atoms with Gasteiger partial charge in [0, 0.05) is 26.2 Å². The lowest BCUT2D eigenvalue weighted by molar-refractivity contribution is -0.137. The minimum absolute atomic E-state index is 0.0643. The number of hydrogen-bond acceptors (Lipinski definition) is 4. The summed E-state index contributed by atoms with van der Waals surface area (Å²) in [6.45, 7) is 7.38. The number of methoxy groups -OCH3 is 1. The van der Waals surface area contributed by atoms with Gasteiger partial charge >= 0.3 is 0 Å². The Kier molecular flexibility index (Phi) is 6.60. The lowest BCUT2D eigenvalue weighted by Crippen LogP contribution is -2.46. The number of rotatable bonds is 7. The first-order valence-corrected chi connectivity index (χ1v) is 6.62. The van der Waals surface area contributed by atoms with Gasteiger partial charge in [0.2, 0.25) is 5.91 Å². The topological polar surface area (TPSA) is 50.8 Å². The second-order valence-corrected chi connectivity index (χ2v) is 5.21. The van der Waals surface area contributed by atoms with E-state index < -0.39 is 0 Å². The number of likely N-dealkylation sites (N-methyl/N-ethyl adjacent to an activating group) is 1. The van der Waals surface area contributed by atoms with Crippen molar-refractivity contribution in [1.29, 1.82) is 0 Å². The van der Waals surface area contributed by atoms with Crippen LogP contribution in [0.15, 0.2) is 0 Å². The zero-order valence-corrected chi connectivity index (χ0v) is 11.9. The molecule has 1 heterocycles. The molecule has 1 amide bonds. The van der Waals surface area contributed by atoms with Crippen molar-refractivity contribution in [2.45, 2.75) is 19.9 Å². The maximum absolute atomic E-state index is 12.5. The molecule has 18 heavy (non-hydrogen) atoms. The van der Waals surface area contributed by atoms with E-state index in [-0.39, 0.29) is 17.9 Å². The number of nitrogens with one attached hydrogen (secondary N) is 1. The van der Waals surface area contributed by atoms with Gasteiger partial charge in [-0.1, -0.05) is 13.8 Å². The van der Waals surface area contributed by atoms with Gasteiger partial charge in [-0.2, -0.15) is 0 Å². The quantitative estimate of drug-likeness (QED) is 0.716. The van der Waals surface area contributed by atoms with Crippen molar-refractivity contribution in [1.82, 2.24) is 10.2 Å². The molecule has 0 aliphatic carbocycles. The average Bonchev–Trinajstić information content (AvgIpc) is 2.81. The fourth-order valence-corrected chi connectivity index (χ4v) is 2.25. The summed E-state index contributed by atoms with van der Waals surface area (Å²) < 4.78 is 10.5. The molecule has 0 spiro atoms. The third-order valence-corrected chi connectivity index (χ3v) is 3.23. The van der Waals surface area contributed by atoms with E-state index in [4.69, 9.17) is 9.47 Å². The Hall–Kier alpha value is -0.650. The number of amides is 1. The van der Waals surface area contributed by atoms with Crippen molar-refractivity contribution in [2.24, 2.45) is 11.8 Å². The van der Waals surface area contributed by atoms with E-state index in [1.807, 2.05) is 11.9 Å². The molecular weight excluding hydrogens is 232 g/mol. The molecule has 2 unspecified atom stereocenters. The molecule has 1 aliphatic heterocycles. The van der Waals surface area contributed by atoms with E-state index in [0.29, 0.717) is 32.3 Å². The zero-order chi connectivity index (χ0) is 13.5. The predicted molar refractivity (Wildman–Crippen MR) is 70.5 cm³/mol. The number of ether oxygens (including phenoxy) is 2. The summed E-state index contributed by atoms with van der Waals surface area (Å²) in [4.78, 5) is 14.4. The molecule has 0 saturated carbocycles. The molecule has 1 fully saturated rings. The highest BCUT2D eigenvalue weighted by Gasteiger charge is 2.35. The molecule has 106 valence electrons. The van der Waals surface area contributed by atoms with Crippen LogP contribution in [0.3, 0.4) is 0 Å². The number of carbonyl (C=O) groups is 1. The van der Waals surface area contributed by atoms with E-state index in [1.165, 1.54) is 0 Å². The number of nitrogens with zero attached hydrogens (tertiary/aromatic N) is 1. The van der Waals surface area contributed by atoms with Crippen LogP contribution < -0.4 is 5.32 Å². The first kappa shape index (κ1) is 15.4. The van der Waals surface area contributed by atoms with Gasteiger partial charge in [0.1, 0.15) is 0 Å². The Balaban J connectivity index is 2.62. The molecule has 5 nitrogen and oxygen atoms in total. The van der Waals surface area contributed by atoms with Crippen LogP contribution in [0.1, 0.15) is 13.8 Å². The van der Waals surface area contributed by atoms with Crippen LogP contribution in [0.25, 0.3) is 0 Å². The second-order valence-electron chi connectivity index (χ2n) is 5.21. The van der Waals surface area contributed by atoms with Crippen LogP contribution in [0.2, 0.25) is 0 Å². The van der Waals surface area contributed by atoms with Gasteiger partial charge in [-0.15, -0.1) is 0 Å². The molecule has 1 aliphatic rings. The van der Waals surface area contributed by atoms with E-state index >= 15 is 0 Å². The summed E-state index contributed by atoms with van der Waals surface area (Å²) in [7, 11) is 3.54. The van der Waals surface area contributed by atoms with Gasteiger partial charge in [0.05, 0.1) is 25.7 Å². The highest BCUT2D eigenvalue weighted by molar-refractivity contribution is 5.80. The second kappa shape index (κ2) is 7.71. The van der Waals surface area contributed by atoms with E-state index in [0.717, 1.165) is 6.54 Å². The monoisotopic (exact) mass is 258 g/mol. The Bertz CT molecular complexity index is 259. The van der Waals surface area contributed by atoms with E-state index in [2.05, 4.69) is 19.2 Å². The minimum atomic E-state index is -0.0643. The Morgan fingerprint density at radius 3 is 2.78 bits per heavy atom. The molecule has 0 aromatic carbocycles. The van der Waals surface area contributed by atoms with Gasteiger partial charge < -0.3 is 19.7 Å². The van der Waals surface area contributed by atoms with Gasteiger partial charge in [-0.3, -0.25) is 4.79 Å². The van der Waals surface area contributed by atoms with Crippen molar-refractivity contribution >= 4 is 5.91 Å². The first-order valence-electron chi connectivity index (χ1n) is 6.62. The van der Waals surface area contributed by atoms with Crippen molar-refractivity contribution in [3.8, 4) is 0 Å². The highest BCUT2D eigenvalue weighted by Crippen LogP contribution is 2.17. The Morgan fingerprint density at radius 2 is 2.22 bits per heavy atom. The Labute approximate surface area is 110 Å². The fraction of sp³-hybridized carbons (Fsp3) is 0.923. The van der Waals surface area contributed by atoms with Crippen molar-refractivity contribution in [3.63, 3.8) is 0 Å². The van der Waals surface area contributed by atoms with Crippen molar-refractivity contribution in [3.05, 3.63) is 0 Å². The lowest BCUT2D eigenvalue weighted by Gasteiger charge is -2.28. The summed E-state index contributed by atoms with van der Waals surface area (Å²) in [6.07, 6.45) is 0. The normalized spacial score (nSPS) is 23.6. The summed E-state index contributed by atoms with van der Waals surface area (Å²) in [5, 5.41) is 3.16. The van der Waals surface area contributed by atoms with Crippen LogP contribution >= 0.6 is 0 Å².